The fourth-order valence-corrected chi connectivity index (χ4v) is 2.13. The Hall–Kier alpha value is -2.04. The molecule has 1 aliphatic carbocycles. The van der Waals surface area contributed by atoms with Crippen LogP contribution in [0, 0.1) is 5.41 Å². The minimum Gasteiger partial charge on any atom is -0.497 e. The third kappa shape index (κ3) is 2.54. The molecule has 19 heavy (non-hydrogen) atoms. The number of carbonyl (C=O) groups excluding carboxylic acids is 1. The first kappa shape index (κ1) is 13.4. The van der Waals surface area contributed by atoms with Gasteiger partial charge in [0.05, 0.1) is 7.11 Å². The number of benzene rings is 1. The van der Waals surface area contributed by atoms with Crippen LogP contribution in [0.2, 0.25) is 0 Å². The Balaban J connectivity index is 2.06. The average Bonchev–Trinajstić information content (AvgIpc) is 3.19. The molecule has 0 aliphatic heterocycles. The minimum absolute atomic E-state index is 0.317. The molecule has 102 valence electrons. The fourth-order valence-electron chi connectivity index (χ4n) is 2.13. The number of amides is 1. The number of methoxy groups -OCH3 is 1. The predicted octanol–water partition coefficient (Wildman–Crippen LogP) is 1.52. The zero-order chi connectivity index (χ0) is 14.0. The van der Waals surface area contributed by atoms with E-state index in [1.807, 2.05) is 24.3 Å². The highest BCUT2D eigenvalue weighted by Gasteiger charge is 2.58. The summed E-state index contributed by atoms with van der Waals surface area (Å²) in [7, 11) is 3.21. The highest BCUT2D eigenvalue weighted by Crippen LogP contribution is 2.47. The van der Waals surface area contributed by atoms with Gasteiger partial charge in [0, 0.05) is 13.6 Å². The van der Waals surface area contributed by atoms with Crippen LogP contribution in [0.15, 0.2) is 24.3 Å². The van der Waals surface area contributed by atoms with E-state index in [1.54, 1.807) is 14.2 Å². The number of carbonyl (C=O) groups is 2. The van der Waals surface area contributed by atoms with E-state index in [0.717, 1.165) is 11.3 Å². The third-order valence-corrected chi connectivity index (χ3v) is 3.47. The Kier molecular flexibility index (Phi) is 3.46. The summed E-state index contributed by atoms with van der Waals surface area (Å²) in [6.45, 7) is 0.380. The van der Waals surface area contributed by atoms with Gasteiger partial charge < -0.3 is 14.7 Å². The molecule has 0 radical (unpaired) electrons. The SMILES string of the molecule is COc1cccc(CN(C)C(=O)C2(C(=O)O)CC2)c1. The van der Waals surface area contributed by atoms with Crippen LogP contribution >= 0.6 is 0 Å². The molecular weight excluding hydrogens is 246 g/mol. The minimum atomic E-state index is -1.17. The van der Waals surface area contributed by atoms with Gasteiger partial charge in [-0.25, -0.2) is 0 Å². The number of rotatable bonds is 5. The van der Waals surface area contributed by atoms with Crippen molar-refractivity contribution in [3.63, 3.8) is 0 Å². The molecule has 5 nitrogen and oxygen atoms in total. The zero-order valence-corrected chi connectivity index (χ0v) is 11.0. The first-order chi connectivity index (χ1) is 8.99. The monoisotopic (exact) mass is 263 g/mol. The summed E-state index contributed by atoms with van der Waals surface area (Å²) in [5.41, 5.74) is -0.260. The van der Waals surface area contributed by atoms with E-state index in [4.69, 9.17) is 9.84 Å². The fraction of sp³-hybridized carbons (Fsp3) is 0.429. The van der Waals surface area contributed by atoms with Gasteiger partial charge in [0.15, 0.2) is 0 Å². The molecule has 0 aromatic heterocycles. The van der Waals surface area contributed by atoms with E-state index in [-0.39, 0.29) is 5.91 Å². The summed E-state index contributed by atoms with van der Waals surface area (Å²) in [4.78, 5) is 24.7. The highest BCUT2D eigenvalue weighted by molar-refractivity contribution is 6.04. The average molecular weight is 263 g/mol. The van der Waals surface area contributed by atoms with Crippen molar-refractivity contribution in [2.45, 2.75) is 19.4 Å². The molecule has 1 aromatic rings. The molecule has 1 amide bonds. The van der Waals surface area contributed by atoms with Gasteiger partial charge in [0.1, 0.15) is 11.2 Å². The number of carboxylic acid groups (broad SMARTS) is 1. The molecule has 1 aliphatic rings. The van der Waals surface area contributed by atoms with Crippen molar-refractivity contribution in [3.8, 4) is 5.75 Å². The quantitative estimate of drug-likeness (QED) is 0.818. The van der Waals surface area contributed by atoms with Crippen molar-refractivity contribution in [3.05, 3.63) is 29.8 Å². The van der Waals surface area contributed by atoms with Crippen LogP contribution < -0.4 is 4.74 Å². The van der Waals surface area contributed by atoms with Crippen LogP contribution in [-0.2, 0) is 16.1 Å². The van der Waals surface area contributed by atoms with Gasteiger partial charge >= 0.3 is 5.97 Å². The second kappa shape index (κ2) is 4.91. The lowest BCUT2D eigenvalue weighted by atomic mass is 10.1. The van der Waals surface area contributed by atoms with Crippen molar-refractivity contribution in [2.24, 2.45) is 5.41 Å². The lowest BCUT2D eigenvalue weighted by Gasteiger charge is -2.21. The molecule has 5 heteroatoms. The van der Waals surface area contributed by atoms with E-state index < -0.39 is 11.4 Å². The Morgan fingerprint density at radius 1 is 1.42 bits per heavy atom. The van der Waals surface area contributed by atoms with E-state index in [2.05, 4.69) is 0 Å². The summed E-state index contributed by atoms with van der Waals surface area (Å²) in [5.74, 6) is -0.615. The summed E-state index contributed by atoms with van der Waals surface area (Å²) in [6, 6.07) is 7.39. The molecule has 0 heterocycles. The van der Waals surface area contributed by atoms with E-state index >= 15 is 0 Å². The second-order valence-corrected chi connectivity index (χ2v) is 4.90. The summed E-state index contributed by atoms with van der Waals surface area (Å²) < 4.78 is 5.12. The number of hydrogen-bond acceptors (Lipinski definition) is 3. The maximum atomic E-state index is 12.1. The van der Waals surface area contributed by atoms with E-state index in [0.29, 0.717) is 19.4 Å². The zero-order valence-electron chi connectivity index (χ0n) is 11.0. The van der Waals surface area contributed by atoms with Crippen LogP contribution in [0.25, 0.3) is 0 Å². The molecular formula is C14H17NO4. The molecule has 0 bridgehead atoms. The Morgan fingerprint density at radius 3 is 2.63 bits per heavy atom. The number of carboxylic acids is 1. The number of nitrogens with zero attached hydrogens (tertiary/aromatic N) is 1. The van der Waals surface area contributed by atoms with Crippen molar-refractivity contribution in [1.82, 2.24) is 4.90 Å². The highest BCUT2D eigenvalue weighted by atomic mass is 16.5. The van der Waals surface area contributed by atoms with Gasteiger partial charge in [-0.2, -0.15) is 0 Å². The van der Waals surface area contributed by atoms with Crippen LogP contribution in [0.5, 0.6) is 5.75 Å². The Labute approximate surface area is 111 Å². The lowest BCUT2D eigenvalue weighted by molar-refractivity contribution is -0.153. The van der Waals surface area contributed by atoms with Crippen molar-refractivity contribution < 1.29 is 19.4 Å². The number of aliphatic carboxylic acids is 1. The van der Waals surface area contributed by atoms with Crippen molar-refractivity contribution in [2.75, 3.05) is 14.2 Å². The lowest BCUT2D eigenvalue weighted by Crippen LogP contribution is -2.38. The standard InChI is InChI=1S/C14H17NO4/c1-15(12(16)14(6-7-14)13(17)18)9-10-4-3-5-11(8-10)19-2/h3-5,8H,6-7,9H2,1-2H3,(H,17,18). The van der Waals surface area contributed by atoms with Crippen LogP contribution in [0.1, 0.15) is 18.4 Å². The van der Waals surface area contributed by atoms with E-state index in [9.17, 15) is 9.59 Å². The van der Waals surface area contributed by atoms with Gasteiger partial charge in [-0.15, -0.1) is 0 Å². The maximum absolute atomic E-state index is 12.1. The molecule has 1 N–H and O–H groups in total. The summed E-state index contributed by atoms with van der Waals surface area (Å²) in [6.07, 6.45) is 0.868. The first-order valence-electron chi connectivity index (χ1n) is 6.11. The first-order valence-corrected chi connectivity index (χ1v) is 6.11. The predicted molar refractivity (Wildman–Crippen MR) is 68.8 cm³/mol. The van der Waals surface area contributed by atoms with Gasteiger partial charge in [0.2, 0.25) is 5.91 Å². The summed E-state index contributed by atoms with van der Waals surface area (Å²) >= 11 is 0. The molecule has 1 fully saturated rings. The smallest absolute Gasteiger partial charge is 0.319 e. The van der Waals surface area contributed by atoms with Gasteiger partial charge in [-0.3, -0.25) is 9.59 Å². The molecule has 1 aromatic carbocycles. The molecule has 2 rings (SSSR count). The molecule has 0 saturated heterocycles. The van der Waals surface area contributed by atoms with Gasteiger partial charge in [-0.1, -0.05) is 12.1 Å². The largest absolute Gasteiger partial charge is 0.497 e. The molecule has 0 unspecified atom stereocenters. The number of ether oxygens (including phenoxy) is 1. The Morgan fingerprint density at radius 2 is 2.11 bits per heavy atom. The third-order valence-electron chi connectivity index (χ3n) is 3.47. The normalized spacial score (nSPS) is 15.7. The van der Waals surface area contributed by atoms with Crippen molar-refractivity contribution >= 4 is 11.9 Å². The summed E-state index contributed by atoms with van der Waals surface area (Å²) in [5, 5.41) is 9.10. The number of hydrogen-bond donors (Lipinski definition) is 1. The van der Waals surface area contributed by atoms with Crippen LogP contribution in [0.3, 0.4) is 0 Å². The van der Waals surface area contributed by atoms with Gasteiger partial charge in [-0.05, 0) is 30.5 Å². The Bertz CT molecular complexity index is 508. The maximum Gasteiger partial charge on any atom is 0.319 e. The van der Waals surface area contributed by atoms with Crippen LogP contribution in [0.4, 0.5) is 0 Å². The molecule has 0 atom stereocenters. The van der Waals surface area contributed by atoms with Crippen LogP contribution in [-0.4, -0.2) is 36.0 Å². The van der Waals surface area contributed by atoms with Crippen molar-refractivity contribution in [1.29, 1.82) is 0 Å². The topological polar surface area (TPSA) is 66.8 Å². The molecule has 0 spiro atoms. The van der Waals surface area contributed by atoms with Gasteiger partial charge in [0.25, 0.3) is 0 Å². The second-order valence-electron chi connectivity index (χ2n) is 4.90. The van der Waals surface area contributed by atoms with E-state index in [1.165, 1.54) is 4.90 Å². The molecule has 1 saturated carbocycles.